The lowest BCUT2D eigenvalue weighted by molar-refractivity contribution is -0.892. The molecular formula is C16H22F3N4O2+. The Morgan fingerprint density at radius 3 is 2.52 bits per heavy atom. The number of rotatable bonds is 4. The molecule has 3 N–H and O–H groups in total. The number of amides is 3. The molecule has 9 heteroatoms. The number of quaternary nitrogens is 1. The first kappa shape index (κ1) is 19.0. The maximum absolute atomic E-state index is 12.8. The van der Waals surface area contributed by atoms with E-state index in [1.54, 1.807) is 13.0 Å². The molecule has 138 valence electrons. The summed E-state index contributed by atoms with van der Waals surface area (Å²) in [5, 5.41) is 4.73. The molecule has 0 aliphatic carbocycles. The SMILES string of the molecule is CCNC(=O)NC(=O)C[NH+]1CCN(c2cccc(C(F)(F)F)c2)CC1. The number of alkyl halides is 3. The van der Waals surface area contributed by atoms with Gasteiger partial charge in [-0.1, -0.05) is 6.07 Å². The van der Waals surface area contributed by atoms with Crippen LogP contribution in [0.4, 0.5) is 23.7 Å². The van der Waals surface area contributed by atoms with Crippen molar-refractivity contribution in [1.29, 1.82) is 0 Å². The van der Waals surface area contributed by atoms with E-state index in [-0.39, 0.29) is 12.5 Å². The minimum atomic E-state index is -4.36. The fraction of sp³-hybridized carbons (Fsp3) is 0.500. The Hall–Kier alpha value is -2.29. The summed E-state index contributed by atoms with van der Waals surface area (Å²) in [4.78, 5) is 25.9. The van der Waals surface area contributed by atoms with Gasteiger partial charge in [-0.3, -0.25) is 10.1 Å². The lowest BCUT2D eigenvalue weighted by atomic mass is 10.1. The van der Waals surface area contributed by atoms with Gasteiger partial charge in [-0.05, 0) is 25.1 Å². The maximum atomic E-state index is 12.8. The van der Waals surface area contributed by atoms with Gasteiger partial charge in [0.05, 0.1) is 31.7 Å². The van der Waals surface area contributed by atoms with Gasteiger partial charge in [-0.2, -0.15) is 13.2 Å². The monoisotopic (exact) mass is 359 g/mol. The van der Waals surface area contributed by atoms with Gasteiger partial charge in [0.2, 0.25) is 0 Å². The van der Waals surface area contributed by atoms with Crippen LogP contribution < -0.4 is 20.4 Å². The van der Waals surface area contributed by atoms with Crippen LogP contribution in [-0.2, 0) is 11.0 Å². The van der Waals surface area contributed by atoms with Crippen molar-refractivity contribution in [2.24, 2.45) is 0 Å². The Balaban J connectivity index is 1.85. The summed E-state index contributed by atoms with van der Waals surface area (Å²) in [6.45, 7) is 4.66. The number of halogens is 3. The molecule has 3 amide bonds. The van der Waals surface area contributed by atoms with Crippen LogP contribution in [0.15, 0.2) is 24.3 Å². The molecule has 0 bridgehead atoms. The Morgan fingerprint density at radius 2 is 1.92 bits per heavy atom. The second-order valence-corrected chi connectivity index (χ2v) is 5.87. The summed E-state index contributed by atoms with van der Waals surface area (Å²) < 4.78 is 38.4. The lowest BCUT2D eigenvalue weighted by Gasteiger charge is -2.33. The van der Waals surface area contributed by atoms with Crippen LogP contribution in [0.2, 0.25) is 0 Å². The number of piperazine rings is 1. The van der Waals surface area contributed by atoms with Gasteiger partial charge in [0.15, 0.2) is 6.54 Å². The van der Waals surface area contributed by atoms with Gasteiger partial charge in [-0.25, -0.2) is 4.79 Å². The first-order valence-electron chi connectivity index (χ1n) is 8.13. The van der Waals surface area contributed by atoms with Crippen molar-refractivity contribution in [3.63, 3.8) is 0 Å². The normalized spacial score (nSPS) is 15.8. The molecule has 1 heterocycles. The van der Waals surface area contributed by atoms with Gasteiger partial charge in [-0.15, -0.1) is 0 Å². The van der Waals surface area contributed by atoms with E-state index in [0.29, 0.717) is 38.4 Å². The van der Waals surface area contributed by atoms with Crippen LogP contribution in [-0.4, -0.2) is 51.2 Å². The highest BCUT2D eigenvalue weighted by Crippen LogP contribution is 2.31. The number of nitrogens with zero attached hydrogens (tertiary/aromatic N) is 1. The van der Waals surface area contributed by atoms with Crippen LogP contribution in [0.3, 0.4) is 0 Å². The van der Waals surface area contributed by atoms with Gasteiger partial charge in [0, 0.05) is 12.2 Å². The van der Waals surface area contributed by atoms with Gasteiger partial charge in [0.25, 0.3) is 5.91 Å². The summed E-state index contributed by atoms with van der Waals surface area (Å²) >= 11 is 0. The highest BCUT2D eigenvalue weighted by atomic mass is 19.4. The smallest absolute Gasteiger partial charge is 0.360 e. The Morgan fingerprint density at radius 1 is 1.24 bits per heavy atom. The van der Waals surface area contributed by atoms with E-state index in [9.17, 15) is 22.8 Å². The van der Waals surface area contributed by atoms with Crippen molar-refractivity contribution in [1.82, 2.24) is 10.6 Å². The third kappa shape index (κ3) is 5.63. The van der Waals surface area contributed by atoms with Gasteiger partial charge < -0.3 is 15.1 Å². The molecular weight excluding hydrogens is 337 g/mol. The Labute approximate surface area is 144 Å². The summed E-state index contributed by atoms with van der Waals surface area (Å²) in [6.07, 6.45) is -4.36. The maximum Gasteiger partial charge on any atom is 0.416 e. The molecule has 0 radical (unpaired) electrons. The molecule has 6 nitrogen and oxygen atoms in total. The molecule has 25 heavy (non-hydrogen) atoms. The molecule has 0 spiro atoms. The summed E-state index contributed by atoms with van der Waals surface area (Å²) in [6, 6.07) is 4.73. The fourth-order valence-electron chi connectivity index (χ4n) is 2.74. The van der Waals surface area contributed by atoms with E-state index in [2.05, 4.69) is 10.6 Å². The second-order valence-electron chi connectivity index (χ2n) is 5.87. The number of benzene rings is 1. The minimum absolute atomic E-state index is 0.160. The third-order valence-corrected chi connectivity index (χ3v) is 4.01. The van der Waals surface area contributed by atoms with Crippen LogP contribution in [0.25, 0.3) is 0 Å². The highest BCUT2D eigenvalue weighted by molar-refractivity contribution is 5.94. The molecule has 1 aromatic carbocycles. The number of urea groups is 1. The largest absolute Gasteiger partial charge is 0.416 e. The van der Waals surface area contributed by atoms with Crippen molar-refractivity contribution in [3.8, 4) is 0 Å². The van der Waals surface area contributed by atoms with Crippen molar-refractivity contribution >= 4 is 17.6 Å². The molecule has 0 atom stereocenters. The van der Waals surface area contributed by atoms with E-state index in [1.807, 2.05) is 4.90 Å². The number of hydrogen-bond donors (Lipinski definition) is 3. The molecule has 0 saturated carbocycles. The third-order valence-electron chi connectivity index (χ3n) is 4.01. The van der Waals surface area contributed by atoms with Crippen LogP contribution in [0.1, 0.15) is 12.5 Å². The highest BCUT2D eigenvalue weighted by Gasteiger charge is 2.31. The molecule has 1 saturated heterocycles. The number of imide groups is 1. The van der Waals surface area contributed by atoms with Crippen LogP contribution in [0.5, 0.6) is 0 Å². The summed E-state index contributed by atoms with van der Waals surface area (Å²) in [7, 11) is 0. The summed E-state index contributed by atoms with van der Waals surface area (Å²) in [5.74, 6) is -0.367. The lowest BCUT2D eigenvalue weighted by Crippen LogP contribution is -3.16. The van der Waals surface area contributed by atoms with Gasteiger partial charge in [0.1, 0.15) is 0 Å². The molecule has 1 aliphatic rings. The van der Waals surface area contributed by atoms with Crippen molar-refractivity contribution < 1.29 is 27.7 Å². The summed E-state index contributed by atoms with van der Waals surface area (Å²) in [5.41, 5.74) is -0.137. The van der Waals surface area contributed by atoms with E-state index in [0.717, 1.165) is 17.0 Å². The quantitative estimate of drug-likeness (QED) is 0.722. The predicted octanol–water partition coefficient (Wildman–Crippen LogP) is 0.256. The molecule has 1 aliphatic heterocycles. The van der Waals surface area contributed by atoms with E-state index in [1.165, 1.54) is 6.07 Å². The zero-order valence-corrected chi connectivity index (χ0v) is 13.9. The zero-order valence-electron chi connectivity index (χ0n) is 13.9. The molecule has 1 aromatic rings. The van der Waals surface area contributed by atoms with Crippen LogP contribution in [0, 0.1) is 0 Å². The first-order chi connectivity index (χ1) is 11.8. The number of nitrogens with one attached hydrogen (secondary N) is 3. The number of anilines is 1. The number of carbonyl (C=O) groups is 2. The molecule has 2 rings (SSSR count). The van der Waals surface area contributed by atoms with Crippen molar-refractivity contribution in [3.05, 3.63) is 29.8 Å². The molecule has 0 aromatic heterocycles. The van der Waals surface area contributed by atoms with E-state index >= 15 is 0 Å². The fourth-order valence-corrected chi connectivity index (χ4v) is 2.74. The van der Waals surface area contributed by atoms with Crippen LogP contribution >= 0.6 is 0 Å². The number of carbonyl (C=O) groups excluding carboxylic acids is 2. The zero-order chi connectivity index (χ0) is 18.4. The minimum Gasteiger partial charge on any atom is -0.360 e. The van der Waals surface area contributed by atoms with Gasteiger partial charge >= 0.3 is 12.2 Å². The standard InChI is InChI=1S/C16H21F3N4O2/c1-2-20-15(25)21-14(24)11-22-6-8-23(9-7-22)13-5-3-4-12(10-13)16(17,18)19/h3-5,10H,2,6-9,11H2,1H3,(H2,20,21,24,25)/p+1. The second kappa shape index (κ2) is 8.19. The van der Waals surface area contributed by atoms with Crippen molar-refractivity contribution in [2.75, 3.05) is 44.2 Å². The Kier molecular flexibility index (Phi) is 6.24. The first-order valence-corrected chi connectivity index (χ1v) is 8.13. The average molecular weight is 359 g/mol. The average Bonchev–Trinajstić information content (AvgIpc) is 2.55. The molecule has 1 fully saturated rings. The predicted molar refractivity (Wildman–Crippen MR) is 86.4 cm³/mol. The number of hydrogen-bond acceptors (Lipinski definition) is 3. The molecule has 0 unspecified atom stereocenters. The Bertz CT molecular complexity index is 614. The van der Waals surface area contributed by atoms with E-state index in [4.69, 9.17) is 0 Å². The van der Waals surface area contributed by atoms with E-state index < -0.39 is 17.8 Å². The van der Waals surface area contributed by atoms with Crippen molar-refractivity contribution in [2.45, 2.75) is 13.1 Å². The topological polar surface area (TPSA) is 65.9 Å².